The Morgan fingerprint density at radius 1 is 1.32 bits per heavy atom. The number of nitrogens with zero attached hydrogens (tertiary/aromatic N) is 3. The molecule has 0 spiro atoms. The third-order valence-corrected chi connectivity index (χ3v) is 6.21. The minimum Gasteiger partial charge on any atom is -0.380 e. The van der Waals surface area contributed by atoms with Gasteiger partial charge in [-0.05, 0) is 46.1 Å². The summed E-state index contributed by atoms with van der Waals surface area (Å²) >= 11 is 0. The number of fused-ring (bicyclic) bond motifs is 1. The first kappa shape index (κ1) is 17.3. The van der Waals surface area contributed by atoms with Crippen LogP contribution in [-0.4, -0.2) is 53.7 Å². The van der Waals surface area contributed by atoms with Crippen LogP contribution in [0.15, 0.2) is 24.0 Å². The second-order valence-corrected chi connectivity index (χ2v) is 8.06. The van der Waals surface area contributed by atoms with E-state index in [0.29, 0.717) is 12.1 Å². The molecule has 0 N–H and O–H groups in total. The molecule has 5 nitrogen and oxygen atoms in total. The number of piperidine rings is 1. The fraction of sp³-hybridized carbons (Fsp3) is 0.750. The fourth-order valence-corrected chi connectivity index (χ4v) is 4.96. The lowest BCUT2D eigenvalue weighted by atomic mass is 9.65. The van der Waals surface area contributed by atoms with Crippen LogP contribution in [-0.2, 0) is 16.0 Å². The first-order valence-electron chi connectivity index (χ1n) is 9.81. The Balaban J connectivity index is 1.57. The van der Waals surface area contributed by atoms with Crippen molar-refractivity contribution in [3.05, 3.63) is 29.6 Å². The zero-order chi connectivity index (χ0) is 17.3. The number of hydrogen-bond acceptors (Lipinski definition) is 4. The van der Waals surface area contributed by atoms with Crippen molar-refractivity contribution in [3.8, 4) is 0 Å². The van der Waals surface area contributed by atoms with E-state index in [1.807, 2.05) is 6.20 Å². The Hall–Kier alpha value is -1.17. The zero-order valence-corrected chi connectivity index (χ0v) is 15.6. The van der Waals surface area contributed by atoms with E-state index in [1.165, 1.54) is 24.9 Å². The van der Waals surface area contributed by atoms with Crippen molar-refractivity contribution in [1.29, 1.82) is 0 Å². The Kier molecular flexibility index (Phi) is 4.98. The smallest absolute Gasteiger partial charge is 0.0650 e. The van der Waals surface area contributed by atoms with Gasteiger partial charge in [0.1, 0.15) is 0 Å². The van der Waals surface area contributed by atoms with Gasteiger partial charge in [-0.2, -0.15) is 5.10 Å². The molecule has 4 rings (SSSR count). The fourth-order valence-electron chi connectivity index (χ4n) is 4.96. The van der Waals surface area contributed by atoms with Crippen molar-refractivity contribution >= 4 is 0 Å². The number of likely N-dealkylation sites (tertiary alicyclic amines) is 1. The highest BCUT2D eigenvalue weighted by molar-refractivity contribution is 5.23. The van der Waals surface area contributed by atoms with Crippen molar-refractivity contribution < 1.29 is 9.47 Å². The van der Waals surface area contributed by atoms with Gasteiger partial charge in [0.2, 0.25) is 0 Å². The summed E-state index contributed by atoms with van der Waals surface area (Å²) in [5, 5.41) is 4.53. The maximum atomic E-state index is 6.00. The number of ether oxygens (including phenoxy) is 2. The van der Waals surface area contributed by atoms with Gasteiger partial charge in [0.15, 0.2) is 0 Å². The molecule has 2 atom stereocenters. The maximum Gasteiger partial charge on any atom is 0.0650 e. The lowest BCUT2D eigenvalue weighted by Gasteiger charge is -2.54. The highest BCUT2D eigenvalue weighted by Crippen LogP contribution is 2.48. The second kappa shape index (κ2) is 7.22. The van der Waals surface area contributed by atoms with E-state index in [9.17, 15) is 0 Å². The highest BCUT2D eigenvalue weighted by atomic mass is 16.5. The second-order valence-electron chi connectivity index (χ2n) is 8.06. The molecule has 1 aromatic rings. The molecule has 138 valence electrons. The Morgan fingerprint density at radius 2 is 2.24 bits per heavy atom. The van der Waals surface area contributed by atoms with Gasteiger partial charge in [-0.25, -0.2) is 0 Å². The predicted octanol–water partition coefficient (Wildman–Crippen LogP) is 3.18. The van der Waals surface area contributed by atoms with Gasteiger partial charge in [-0.15, -0.1) is 0 Å². The van der Waals surface area contributed by atoms with Gasteiger partial charge < -0.3 is 9.47 Å². The molecular weight excluding hydrogens is 314 g/mol. The molecule has 0 radical (unpaired) electrons. The van der Waals surface area contributed by atoms with Crippen LogP contribution in [0.2, 0.25) is 0 Å². The molecule has 0 bridgehead atoms. The average Bonchev–Trinajstić information content (AvgIpc) is 3.12. The predicted molar refractivity (Wildman–Crippen MR) is 97.4 cm³/mol. The third-order valence-electron chi connectivity index (χ3n) is 6.21. The first-order chi connectivity index (χ1) is 12.2. The Bertz CT molecular complexity index is 620. The minimum atomic E-state index is 0.203. The Morgan fingerprint density at radius 3 is 3.00 bits per heavy atom. The summed E-state index contributed by atoms with van der Waals surface area (Å²) in [6.45, 7) is 9.94. The van der Waals surface area contributed by atoms with E-state index in [2.05, 4.69) is 40.8 Å². The number of rotatable bonds is 4. The maximum absolute atomic E-state index is 6.00. The molecule has 3 aliphatic rings. The summed E-state index contributed by atoms with van der Waals surface area (Å²) in [6.07, 6.45) is 11.3. The molecule has 25 heavy (non-hydrogen) atoms. The Labute approximate surface area is 151 Å². The number of aromatic nitrogens is 2. The third kappa shape index (κ3) is 3.29. The first-order valence-corrected chi connectivity index (χ1v) is 9.81. The molecule has 2 saturated heterocycles. The number of hydrogen-bond donors (Lipinski definition) is 0. The summed E-state index contributed by atoms with van der Waals surface area (Å²) < 4.78 is 13.6. The van der Waals surface area contributed by atoms with Crippen LogP contribution in [0.1, 0.15) is 51.1 Å². The van der Waals surface area contributed by atoms with Gasteiger partial charge in [0.25, 0.3) is 0 Å². The van der Waals surface area contributed by atoms with Crippen LogP contribution in [0.3, 0.4) is 0 Å². The lowest BCUT2D eigenvalue weighted by molar-refractivity contribution is -0.0874. The van der Waals surface area contributed by atoms with E-state index < -0.39 is 0 Å². The van der Waals surface area contributed by atoms with Crippen molar-refractivity contribution in [2.75, 3.05) is 33.0 Å². The molecule has 2 fully saturated rings. The van der Waals surface area contributed by atoms with Crippen LogP contribution >= 0.6 is 0 Å². The quantitative estimate of drug-likeness (QED) is 0.786. The highest BCUT2D eigenvalue weighted by Gasteiger charge is 2.48. The van der Waals surface area contributed by atoms with Crippen molar-refractivity contribution in [2.45, 2.75) is 58.2 Å². The van der Waals surface area contributed by atoms with Crippen molar-refractivity contribution in [3.63, 3.8) is 0 Å². The van der Waals surface area contributed by atoms with Gasteiger partial charge in [-0.1, -0.05) is 11.6 Å². The van der Waals surface area contributed by atoms with Gasteiger partial charge in [-0.3, -0.25) is 9.58 Å². The van der Waals surface area contributed by atoms with Crippen molar-refractivity contribution in [2.24, 2.45) is 5.41 Å². The summed E-state index contributed by atoms with van der Waals surface area (Å²) in [5.41, 5.74) is 3.12. The lowest BCUT2D eigenvalue weighted by Crippen LogP contribution is -2.57. The molecular formula is C20H31N3O2. The molecule has 3 aliphatic heterocycles. The molecule has 5 heteroatoms. The SMILES string of the molecule is CC(C)n1cc(CN2CCC[C@@]3(C4=CCOCC4)COCC[C@H]23)cn1. The molecule has 0 saturated carbocycles. The van der Waals surface area contributed by atoms with E-state index >= 15 is 0 Å². The van der Waals surface area contributed by atoms with Crippen LogP contribution in [0.25, 0.3) is 0 Å². The summed E-state index contributed by atoms with van der Waals surface area (Å²) in [7, 11) is 0. The van der Waals surface area contributed by atoms with Crippen LogP contribution in [0.4, 0.5) is 0 Å². The monoisotopic (exact) mass is 345 g/mol. The molecule has 4 heterocycles. The van der Waals surface area contributed by atoms with Crippen molar-refractivity contribution in [1.82, 2.24) is 14.7 Å². The average molecular weight is 345 g/mol. The normalized spacial score (nSPS) is 31.0. The zero-order valence-electron chi connectivity index (χ0n) is 15.6. The summed E-state index contributed by atoms with van der Waals surface area (Å²) in [6, 6.07) is 1.01. The van der Waals surface area contributed by atoms with Gasteiger partial charge in [0.05, 0.1) is 26.0 Å². The molecule has 0 amide bonds. The van der Waals surface area contributed by atoms with E-state index in [4.69, 9.17) is 9.47 Å². The van der Waals surface area contributed by atoms with E-state index in [1.54, 1.807) is 5.57 Å². The summed E-state index contributed by atoms with van der Waals surface area (Å²) in [5.74, 6) is 0. The van der Waals surface area contributed by atoms with Crippen LogP contribution in [0, 0.1) is 5.41 Å². The van der Waals surface area contributed by atoms with Gasteiger partial charge in [0, 0.05) is 42.4 Å². The van der Waals surface area contributed by atoms with Crippen LogP contribution in [0.5, 0.6) is 0 Å². The minimum absolute atomic E-state index is 0.203. The largest absolute Gasteiger partial charge is 0.380 e. The molecule has 0 unspecified atom stereocenters. The van der Waals surface area contributed by atoms with E-state index in [0.717, 1.165) is 45.8 Å². The van der Waals surface area contributed by atoms with Gasteiger partial charge >= 0.3 is 0 Å². The van der Waals surface area contributed by atoms with E-state index in [-0.39, 0.29) is 5.41 Å². The molecule has 1 aromatic heterocycles. The standard InChI is InChI=1S/C20H31N3O2/c1-16(2)23-14-17(12-21-23)13-22-8-3-7-20(15-25-11-6-19(20)22)18-4-9-24-10-5-18/h4,12,14,16,19H,3,5-11,13,15H2,1-2H3/t19-,20-/m0/s1. The van der Waals surface area contributed by atoms with Crippen LogP contribution < -0.4 is 0 Å². The summed E-state index contributed by atoms with van der Waals surface area (Å²) in [4.78, 5) is 2.70. The molecule has 0 aliphatic carbocycles. The topological polar surface area (TPSA) is 39.5 Å². The molecule has 0 aromatic carbocycles.